The molecule has 11 nitrogen and oxygen atoms in total. The molecule has 332 valence electrons. The number of amides is 1. The zero-order valence-electron chi connectivity index (χ0n) is 35.9. The Labute approximate surface area is 346 Å². The minimum absolute atomic E-state index is 0.136. The normalized spacial score (nSPS) is 14.0. The number of esters is 1. The van der Waals surface area contributed by atoms with Crippen LogP contribution >= 0.6 is 7.82 Å². The third-order valence-corrected chi connectivity index (χ3v) is 10.6. The highest BCUT2D eigenvalue weighted by Gasteiger charge is 2.28. The molecule has 3 atom stereocenters. The first-order valence-electron chi connectivity index (χ1n) is 22.5. The van der Waals surface area contributed by atoms with Gasteiger partial charge in [-0.1, -0.05) is 153 Å². The number of aliphatic hydroxyl groups excluding tert-OH is 1. The molecule has 0 saturated carbocycles. The molecule has 0 bridgehead atoms. The van der Waals surface area contributed by atoms with Crippen LogP contribution in [0.2, 0.25) is 0 Å². The molecule has 0 aliphatic carbocycles. The fraction of sp³-hybridized carbons (Fsp3) is 0.800. The Bertz CT molecular complexity index is 1110. The molecule has 57 heavy (non-hydrogen) atoms. The van der Waals surface area contributed by atoms with E-state index in [-0.39, 0.29) is 12.8 Å². The Morgan fingerprint density at radius 3 is 1.46 bits per heavy atom. The van der Waals surface area contributed by atoms with E-state index < -0.39 is 57.6 Å². The maximum absolute atomic E-state index is 12.3. The van der Waals surface area contributed by atoms with Crippen molar-refractivity contribution in [2.75, 3.05) is 19.8 Å². The van der Waals surface area contributed by atoms with E-state index in [1.54, 1.807) is 0 Å². The molecular weight excluding hydrogens is 745 g/mol. The second kappa shape index (κ2) is 40.5. The molecule has 4 N–H and O–H groups in total. The molecule has 0 saturated heterocycles. The van der Waals surface area contributed by atoms with E-state index in [1.807, 2.05) is 0 Å². The van der Waals surface area contributed by atoms with E-state index in [2.05, 4.69) is 55.6 Å². The van der Waals surface area contributed by atoms with Crippen molar-refractivity contribution in [2.45, 2.75) is 212 Å². The van der Waals surface area contributed by atoms with Crippen LogP contribution in [0.1, 0.15) is 200 Å². The van der Waals surface area contributed by atoms with Gasteiger partial charge in [0.05, 0.1) is 13.2 Å². The number of aliphatic hydroxyl groups is 1. The Hall–Kier alpha value is -2.30. The Kier molecular flexibility index (Phi) is 38.8. The summed E-state index contributed by atoms with van der Waals surface area (Å²) in [6.07, 6.45) is 43.0. The smallest absolute Gasteiger partial charge is 0.472 e. The van der Waals surface area contributed by atoms with Gasteiger partial charge in [0.1, 0.15) is 12.7 Å². The molecule has 0 spiro atoms. The van der Waals surface area contributed by atoms with Gasteiger partial charge in [-0.15, -0.1) is 0 Å². The van der Waals surface area contributed by atoms with Gasteiger partial charge in [0, 0.05) is 12.8 Å². The van der Waals surface area contributed by atoms with Gasteiger partial charge in [-0.05, 0) is 70.6 Å². The number of carbonyl (C=O) groups is 3. The molecule has 0 fully saturated rings. The van der Waals surface area contributed by atoms with E-state index in [1.165, 1.54) is 83.5 Å². The van der Waals surface area contributed by atoms with E-state index in [9.17, 15) is 34.1 Å². The molecule has 1 amide bonds. The van der Waals surface area contributed by atoms with Gasteiger partial charge >= 0.3 is 19.8 Å². The Morgan fingerprint density at radius 2 is 0.965 bits per heavy atom. The van der Waals surface area contributed by atoms with Crippen molar-refractivity contribution in [3.8, 4) is 0 Å². The van der Waals surface area contributed by atoms with Crippen LogP contribution in [0.5, 0.6) is 0 Å². The zero-order chi connectivity index (χ0) is 42.1. The zero-order valence-corrected chi connectivity index (χ0v) is 36.8. The molecule has 0 heterocycles. The molecule has 0 aromatic heterocycles. The summed E-state index contributed by atoms with van der Waals surface area (Å²) in [6.45, 7) is 2.56. The SMILES string of the molecule is CCCCCC/C=C\C/C=C\CCCCCCCCCC(=O)NC(COP(=O)(O)OCC(O)COC(=O)CCCCCCC/C=C\CCCCCCCC)C(=O)O. The first-order chi connectivity index (χ1) is 27.6. The lowest BCUT2D eigenvalue weighted by molar-refractivity contribution is -0.147. The summed E-state index contributed by atoms with van der Waals surface area (Å²) < 4.78 is 26.8. The number of aliphatic carboxylic acids is 1. The van der Waals surface area contributed by atoms with Crippen LogP contribution in [-0.2, 0) is 32.7 Å². The Balaban J connectivity index is 3.92. The number of nitrogens with one attached hydrogen (secondary N) is 1. The number of hydrogen-bond donors (Lipinski definition) is 4. The molecule has 0 aliphatic rings. The highest BCUT2D eigenvalue weighted by atomic mass is 31.2. The number of unbranched alkanes of at least 4 members (excludes halogenated alkanes) is 22. The maximum Gasteiger partial charge on any atom is 0.472 e. The van der Waals surface area contributed by atoms with Crippen LogP contribution in [0.15, 0.2) is 36.5 Å². The van der Waals surface area contributed by atoms with Crippen LogP contribution < -0.4 is 5.32 Å². The van der Waals surface area contributed by atoms with Crippen molar-refractivity contribution in [3.05, 3.63) is 36.5 Å². The van der Waals surface area contributed by atoms with Gasteiger partial charge in [0.15, 0.2) is 6.04 Å². The summed E-state index contributed by atoms with van der Waals surface area (Å²) in [4.78, 5) is 45.9. The predicted octanol–water partition coefficient (Wildman–Crippen LogP) is 11.6. The lowest BCUT2D eigenvalue weighted by atomic mass is 10.1. The van der Waals surface area contributed by atoms with Crippen molar-refractivity contribution >= 4 is 25.7 Å². The number of rotatable bonds is 42. The van der Waals surface area contributed by atoms with Crippen molar-refractivity contribution in [1.29, 1.82) is 0 Å². The molecule has 0 rings (SSSR count). The van der Waals surface area contributed by atoms with E-state index in [0.717, 1.165) is 77.0 Å². The van der Waals surface area contributed by atoms with Crippen molar-refractivity contribution in [1.82, 2.24) is 5.32 Å². The number of hydrogen-bond acceptors (Lipinski definition) is 8. The lowest BCUT2D eigenvalue weighted by Gasteiger charge is -2.18. The number of carbonyl (C=O) groups excluding carboxylic acids is 2. The third-order valence-electron chi connectivity index (χ3n) is 9.65. The average Bonchev–Trinajstić information content (AvgIpc) is 3.18. The second-order valence-electron chi connectivity index (χ2n) is 15.2. The topological polar surface area (TPSA) is 169 Å². The first-order valence-corrected chi connectivity index (χ1v) is 24.0. The van der Waals surface area contributed by atoms with Crippen LogP contribution in [0, 0.1) is 0 Å². The predicted molar refractivity (Wildman–Crippen MR) is 231 cm³/mol. The third kappa shape index (κ3) is 40.3. The van der Waals surface area contributed by atoms with Gasteiger partial charge < -0.3 is 25.2 Å². The minimum atomic E-state index is -4.76. The number of phosphoric ester groups is 1. The summed E-state index contributed by atoms with van der Waals surface area (Å²) in [5, 5.41) is 21.8. The first kappa shape index (κ1) is 54.7. The summed E-state index contributed by atoms with van der Waals surface area (Å²) in [7, 11) is -4.76. The Morgan fingerprint density at radius 1 is 0.561 bits per heavy atom. The highest BCUT2D eigenvalue weighted by molar-refractivity contribution is 7.47. The van der Waals surface area contributed by atoms with Crippen LogP contribution in [0.4, 0.5) is 0 Å². The van der Waals surface area contributed by atoms with Gasteiger partial charge in [0.2, 0.25) is 5.91 Å². The van der Waals surface area contributed by atoms with E-state index in [0.29, 0.717) is 12.8 Å². The molecule has 0 aliphatic heterocycles. The molecular formula is C45H82NO10P. The van der Waals surface area contributed by atoms with E-state index >= 15 is 0 Å². The number of carboxylic acid groups (broad SMARTS) is 1. The van der Waals surface area contributed by atoms with Crippen LogP contribution in [-0.4, -0.2) is 64.9 Å². The number of allylic oxidation sites excluding steroid dienone is 6. The van der Waals surface area contributed by atoms with Gasteiger partial charge in [-0.3, -0.25) is 18.6 Å². The van der Waals surface area contributed by atoms with Crippen molar-refractivity contribution in [3.63, 3.8) is 0 Å². The monoisotopic (exact) mass is 828 g/mol. The fourth-order valence-electron chi connectivity index (χ4n) is 6.10. The van der Waals surface area contributed by atoms with Crippen molar-refractivity contribution < 1.29 is 47.8 Å². The summed E-state index contributed by atoms with van der Waals surface area (Å²) in [5.41, 5.74) is 0. The number of phosphoric acid groups is 1. The number of carboxylic acids is 1. The number of ether oxygens (including phenoxy) is 1. The molecule has 3 unspecified atom stereocenters. The summed E-state index contributed by atoms with van der Waals surface area (Å²) in [6, 6.07) is -1.55. The molecule has 0 aromatic carbocycles. The standard InChI is InChI=1S/C45H82NO10P/c1-3-5-7-9-11-13-15-17-19-20-21-23-24-26-28-30-32-34-36-43(48)46-42(45(50)51)40-56-57(52,53)55-39-41(47)38-54-44(49)37-35-33-31-29-27-25-22-18-16-14-12-10-8-6-4-2/h13,15,18-20,22,41-42,47H,3-12,14,16-17,21,23-40H2,1-2H3,(H,46,48)(H,50,51)(H,52,53)/b15-13-,20-19-,22-18-. The van der Waals surface area contributed by atoms with Gasteiger partial charge in [-0.2, -0.15) is 0 Å². The molecule has 0 aromatic rings. The van der Waals surface area contributed by atoms with Gasteiger partial charge in [-0.25, -0.2) is 9.36 Å². The quantitative estimate of drug-likeness (QED) is 0.0201. The van der Waals surface area contributed by atoms with Crippen LogP contribution in [0.25, 0.3) is 0 Å². The average molecular weight is 828 g/mol. The molecule has 0 radical (unpaired) electrons. The van der Waals surface area contributed by atoms with Crippen LogP contribution in [0.3, 0.4) is 0 Å². The second-order valence-corrected chi connectivity index (χ2v) is 16.7. The summed E-state index contributed by atoms with van der Waals surface area (Å²) >= 11 is 0. The van der Waals surface area contributed by atoms with Gasteiger partial charge in [0.25, 0.3) is 0 Å². The fourth-order valence-corrected chi connectivity index (χ4v) is 6.88. The lowest BCUT2D eigenvalue weighted by Crippen LogP contribution is -2.43. The maximum atomic E-state index is 12.3. The summed E-state index contributed by atoms with van der Waals surface area (Å²) in [5.74, 6) is -2.39. The minimum Gasteiger partial charge on any atom is -0.480 e. The highest BCUT2D eigenvalue weighted by Crippen LogP contribution is 2.43. The van der Waals surface area contributed by atoms with E-state index in [4.69, 9.17) is 13.8 Å². The molecule has 12 heteroatoms. The largest absolute Gasteiger partial charge is 0.480 e. The van der Waals surface area contributed by atoms with Crippen molar-refractivity contribution in [2.24, 2.45) is 0 Å².